The highest BCUT2D eigenvalue weighted by Gasteiger charge is 2.13. The summed E-state index contributed by atoms with van der Waals surface area (Å²) in [4.78, 5) is 0. The minimum Gasteiger partial charge on any atom is -0.371 e. The number of hydrogen-bond donors (Lipinski definition) is 1. The van der Waals surface area contributed by atoms with Crippen molar-refractivity contribution in [2.24, 2.45) is 0 Å². The van der Waals surface area contributed by atoms with Crippen molar-refractivity contribution < 1.29 is 8.42 Å². The summed E-state index contributed by atoms with van der Waals surface area (Å²) >= 11 is 1.22. The SMILES string of the molecule is CCS(=O)(=O)CC(C)Nc1cnns1. The van der Waals surface area contributed by atoms with Gasteiger partial charge in [0.05, 0.1) is 11.9 Å². The average molecular weight is 235 g/mol. The Morgan fingerprint density at radius 2 is 2.36 bits per heavy atom. The molecule has 5 nitrogen and oxygen atoms in total. The number of sulfone groups is 1. The van der Waals surface area contributed by atoms with Gasteiger partial charge >= 0.3 is 0 Å². The van der Waals surface area contributed by atoms with Crippen LogP contribution in [0.3, 0.4) is 0 Å². The maximum Gasteiger partial charge on any atom is 0.152 e. The Hall–Kier alpha value is -0.690. The van der Waals surface area contributed by atoms with Gasteiger partial charge in [0.1, 0.15) is 5.00 Å². The van der Waals surface area contributed by atoms with Crippen LogP contribution in [0.5, 0.6) is 0 Å². The van der Waals surface area contributed by atoms with E-state index in [2.05, 4.69) is 14.9 Å². The van der Waals surface area contributed by atoms with Crippen molar-refractivity contribution in [3.8, 4) is 0 Å². The standard InChI is InChI=1S/C7H13N3O2S2/c1-3-14(11,12)5-6(2)9-7-4-8-10-13-7/h4,6,9H,3,5H2,1-2H3. The number of nitrogens with one attached hydrogen (secondary N) is 1. The van der Waals surface area contributed by atoms with Gasteiger partial charge in [0.25, 0.3) is 0 Å². The molecule has 0 amide bonds. The smallest absolute Gasteiger partial charge is 0.152 e. The number of nitrogens with zero attached hydrogens (tertiary/aromatic N) is 2. The Balaban J connectivity index is 2.48. The highest BCUT2D eigenvalue weighted by Crippen LogP contribution is 2.11. The quantitative estimate of drug-likeness (QED) is 0.816. The molecule has 0 radical (unpaired) electrons. The molecular formula is C7H13N3O2S2. The maximum absolute atomic E-state index is 11.3. The Morgan fingerprint density at radius 3 is 2.86 bits per heavy atom. The van der Waals surface area contributed by atoms with Crippen LogP contribution in [0, 0.1) is 0 Å². The van der Waals surface area contributed by atoms with Crippen LogP contribution in [0.1, 0.15) is 13.8 Å². The molecule has 0 spiro atoms. The predicted molar refractivity (Wildman–Crippen MR) is 57.3 cm³/mol. The van der Waals surface area contributed by atoms with Crippen molar-refractivity contribution in [1.29, 1.82) is 0 Å². The lowest BCUT2D eigenvalue weighted by Crippen LogP contribution is -2.26. The largest absolute Gasteiger partial charge is 0.371 e. The maximum atomic E-state index is 11.3. The first-order chi connectivity index (χ1) is 6.53. The first-order valence-corrected chi connectivity index (χ1v) is 6.87. The summed E-state index contributed by atoms with van der Waals surface area (Å²) in [5, 5.41) is 7.47. The molecule has 1 rings (SSSR count). The van der Waals surface area contributed by atoms with E-state index in [0.29, 0.717) is 0 Å². The zero-order valence-electron chi connectivity index (χ0n) is 8.10. The van der Waals surface area contributed by atoms with Crippen molar-refractivity contribution in [2.45, 2.75) is 19.9 Å². The molecule has 1 atom stereocenters. The third-order valence-corrected chi connectivity index (χ3v) is 4.18. The fraction of sp³-hybridized carbons (Fsp3) is 0.714. The zero-order valence-corrected chi connectivity index (χ0v) is 9.73. The number of anilines is 1. The molecule has 1 heterocycles. The second-order valence-electron chi connectivity index (χ2n) is 3.03. The molecule has 7 heteroatoms. The molecule has 1 aromatic rings. The van der Waals surface area contributed by atoms with Gasteiger partial charge in [-0.3, -0.25) is 0 Å². The van der Waals surface area contributed by atoms with E-state index < -0.39 is 9.84 Å². The second kappa shape index (κ2) is 4.70. The van der Waals surface area contributed by atoms with E-state index in [1.165, 1.54) is 11.5 Å². The van der Waals surface area contributed by atoms with E-state index >= 15 is 0 Å². The van der Waals surface area contributed by atoms with Gasteiger partial charge in [-0.25, -0.2) is 8.42 Å². The number of aromatic nitrogens is 2. The molecular weight excluding hydrogens is 222 g/mol. The fourth-order valence-corrected chi connectivity index (χ4v) is 2.63. The summed E-state index contributed by atoms with van der Waals surface area (Å²) in [6.07, 6.45) is 1.58. The van der Waals surface area contributed by atoms with Gasteiger partial charge in [0.15, 0.2) is 9.84 Å². The molecule has 0 fully saturated rings. The van der Waals surface area contributed by atoms with Gasteiger partial charge in [-0.05, 0) is 6.92 Å². The molecule has 0 bridgehead atoms. The first-order valence-electron chi connectivity index (χ1n) is 4.28. The van der Waals surface area contributed by atoms with E-state index in [1.807, 2.05) is 6.92 Å². The highest BCUT2D eigenvalue weighted by molar-refractivity contribution is 7.91. The minimum absolute atomic E-state index is 0.109. The summed E-state index contributed by atoms with van der Waals surface area (Å²) in [6, 6.07) is -0.109. The molecule has 0 saturated carbocycles. The monoisotopic (exact) mass is 235 g/mol. The summed E-state index contributed by atoms with van der Waals surface area (Å²) in [5.74, 6) is 0.321. The molecule has 0 aromatic carbocycles. The lowest BCUT2D eigenvalue weighted by atomic mass is 10.4. The van der Waals surface area contributed by atoms with Crippen LogP contribution in [0.4, 0.5) is 5.00 Å². The van der Waals surface area contributed by atoms with E-state index in [0.717, 1.165) is 5.00 Å². The summed E-state index contributed by atoms with van der Waals surface area (Å²) < 4.78 is 26.2. The lowest BCUT2D eigenvalue weighted by molar-refractivity contribution is 0.593. The lowest BCUT2D eigenvalue weighted by Gasteiger charge is -2.11. The van der Waals surface area contributed by atoms with Gasteiger partial charge in [-0.2, -0.15) is 0 Å². The average Bonchev–Trinajstić information content (AvgIpc) is 2.55. The van der Waals surface area contributed by atoms with Crippen molar-refractivity contribution >= 4 is 26.4 Å². The van der Waals surface area contributed by atoms with Gasteiger partial charge < -0.3 is 5.32 Å². The van der Waals surface area contributed by atoms with Gasteiger partial charge in [0, 0.05) is 23.3 Å². The third-order valence-electron chi connectivity index (χ3n) is 1.69. The minimum atomic E-state index is -2.92. The van der Waals surface area contributed by atoms with Crippen molar-refractivity contribution in [1.82, 2.24) is 9.59 Å². The third kappa shape index (κ3) is 3.59. The van der Waals surface area contributed by atoms with Crippen molar-refractivity contribution in [2.75, 3.05) is 16.8 Å². The van der Waals surface area contributed by atoms with Crippen LogP contribution in [0.2, 0.25) is 0 Å². The summed E-state index contributed by atoms with van der Waals surface area (Å²) in [5.41, 5.74) is 0. The molecule has 1 N–H and O–H groups in total. The van der Waals surface area contributed by atoms with Crippen molar-refractivity contribution in [3.63, 3.8) is 0 Å². The Kier molecular flexibility index (Phi) is 3.82. The Morgan fingerprint density at radius 1 is 1.64 bits per heavy atom. The molecule has 1 aromatic heterocycles. The van der Waals surface area contributed by atoms with Crippen LogP contribution in [0.15, 0.2) is 6.20 Å². The molecule has 0 aliphatic carbocycles. The normalized spacial score (nSPS) is 13.9. The first kappa shape index (κ1) is 11.4. The van der Waals surface area contributed by atoms with Gasteiger partial charge in [-0.15, -0.1) is 5.10 Å². The Labute approximate surface area is 87.6 Å². The molecule has 80 valence electrons. The van der Waals surface area contributed by atoms with E-state index in [-0.39, 0.29) is 17.5 Å². The molecule has 1 unspecified atom stereocenters. The van der Waals surface area contributed by atoms with E-state index in [9.17, 15) is 8.42 Å². The van der Waals surface area contributed by atoms with Crippen LogP contribution < -0.4 is 5.32 Å². The molecule has 0 saturated heterocycles. The van der Waals surface area contributed by atoms with Crippen LogP contribution in [-0.2, 0) is 9.84 Å². The van der Waals surface area contributed by atoms with Gasteiger partial charge in [-0.1, -0.05) is 11.4 Å². The highest BCUT2D eigenvalue weighted by atomic mass is 32.2. The Bertz CT molecular complexity index is 360. The zero-order chi connectivity index (χ0) is 10.6. The molecule has 0 aliphatic heterocycles. The summed E-state index contributed by atoms with van der Waals surface area (Å²) in [6.45, 7) is 3.48. The van der Waals surface area contributed by atoms with E-state index in [1.54, 1.807) is 13.1 Å². The van der Waals surface area contributed by atoms with Crippen LogP contribution in [0.25, 0.3) is 0 Å². The molecule has 14 heavy (non-hydrogen) atoms. The number of hydrogen-bond acceptors (Lipinski definition) is 6. The molecule has 0 aliphatic rings. The topological polar surface area (TPSA) is 72.0 Å². The number of rotatable bonds is 5. The van der Waals surface area contributed by atoms with E-state index in [4.69, 9.17) is 0 Å². The summed E-state index contributed by atoms with van der Waals surface area (Å²) in [7, 11) is -2.92. The van der Waals surface area contributed by atoms with Crippen molar-refractivity contribution in [3.05, 3.63) is 6.20 Å². The van der Waals surface area contributed by atoms with Crippen LogP contribution >= 0.6 is 11.5 Å². The predicted octanol–water partition coefficient (Wildman–Crippen LogP) is 0.773. The van der Waals surface area contributed by atoms with Crippen LogP contribution in [-0.4, -0.2) is 35.6 Å². The fourth-order valence-electron chi connectivity index (χ4n) is 1.01. The second-order valence-corrected chi connectivity index (χ2v) is 6.21. The van der Waals surface area contributed by atoms with Gasteiger partial charge in [0.2, 0.25) is 0 Å².